The van der Waals surface area contributed by atoms with Gasteiger partial charge >= 0.3 is 0 Å². The van der Waals surface area contributed by atoms with Crippen molar-refractivity contribution in [2.45, 2.75) is 19.3 Å². The molecule has 0 saturated carbocycles. The SMILES string of the molecule is CC1(C)c2ccccc2-c2cc3c4cc(-c5ccc(N(c6ccccc6)c6ccccc6)cc5)ccc4n(-c4cccc(-c5ccccc5)c4)c3cc21. The number of aromatic nitrogens is 1. The maximum atomic E-state index is 2.47. The van der Waals surface area contributed by atoms with Crippen molar-refractivity contribution in [1.29, 1.82) is 0 Å². The first-order valence-electron chi connectivity index (χ1n) is 18.4. The molecular formula is C51H38N2. The summed E-state index contributed by atoms with van der Waals surface area (Å²) in [6.07, 6.45) is 0. The maximum absolute atomic E-state index is 2.47. The monoisotopic (exact) mass is 678 g/mol. The topological polar surface area (TPSA) is 8.17 Å². The van der Waals surface area contributed by atoms with Crippen LogP contribution in [0.25, 0.3) is 60.9 Å². The Labute approximate surface area is 310 Å². The molecule has 1 heterocycles. The van der Waals surface area contributed by atoms with E-state index in [1.54, 1.807) is 0 Å². The zero-order valence-corrected chi connectivity index (χ0v) is 29.9. The predicted molar refractivity (Wildman–Crippen MR) is 224 cm³/mol. The van der Waals surface area contributed by atoms with Gasteiger partial charge in [-0.3, -0.25) is 0 Å². The number of rotatable bonds is 6. The van der Waals surface area contributed by atoms with Crippen LogP contribution in [0, 0.1) is 0 Å². The molecule has 9 aromatic rings. The highest BCUT2D eigenvalue weighted by molar-refractivity contribution is 6.12. The van der Waals surface area contributed by atoms with Gasteiger partial charge < -0.3 is 9.47 Å². The minimum atomic E-state index is -0.0897. The summed E-state index contributed by atoms with van der Waals surface area (Å²) in [4.78, 5) is 2.31. The van der Waals surface area contributed by atoms with Crippen LogP contribution in [0.15, 0.2) is 194 Å². The Hall–Kier alpha value is -6.64. The van der Waals surface area contributed by atoms with Gasteiger partial charge in [0.05, 0.1) is 11.0 Å². The Bertz CT molecular complexity index is 2740. The number of hydrogen-bond donors (Lipinski definition) is 0. The summed E-state index contributed by atoms with van der Waals surface area (Å²) in [5.41, 5.74) is 17.2. The van der Waals surface area contributed by atoms with E-state index in [0.29, 0.717) is 0 Å². The third kappa shape index (κ3) is 5.10. The number of para-hydroxylation sites is 2. The van der Waals surface area contributed by atoms with E-state index in [9.17, 15) is 0 Å². The molecule has 252 valence electrons. The van der Waals surface area contributed by atoms with Crippen LogP contribution in [-0.2, 0) is 5.41 Å². The molecule has 10 rings (SSSR count). The van der Waals surface area contributed by atoms with Crippen LogP contribution in [0.2, 0.25) is 0 Å². The summed E-state index contributed by atoms with van der Waals surface area (Å²) in [7, 11) is 0. The fourth-order valence-corrected chi connectivity index (χ4v) is 8.53. The van der Waals surface area contributed by atoms with Crippen molar-refractivity contribution in [3.8, 4) is 39.1 Å². The van der Waals surface area contributed by atoms with E-state index in [4.69, 9.17) is 0 Å². The van der Waals surface area contributed by atoms with E-state index in [1.807, 2.05) is 0 Å². The summed E-state index contributed by atoms with van der Waals surface area (Å²) >= 11 is 0. The molecule has 0 aliphatic heterocycles. The first kappa shape index (κ1) is 31.1. The first-order valence-corrected chi connectivity index (χ1v) is 18.4. The zero-order chi connectivity index (χ0) is 35.5. The van der Waals surface area contributed by atoms with Crippen molar-refractivity contribution in [2.75, 3.05) is 4.90 Å². The minimum Gasteiger partial charge on any atom is -0.311 e. The van der Waals surface area contributed by atoms with Gasteiger partial charge in [0.1, 0.15) is 0 Å². The fourth-order valence-electron chi connectivity index (χ4n) is 8.53. The van der Waals surface area contributed by atoms with Crippen LogP contribution in [-0.4, -0.2) is 4.57 Å². The first-order chi connectivity index (χ1) is 26.0. The Kier molecular flexibility index (Phi) is 7.19. The second-order valence-corrected chi connectivity index (χ2v) is 14.6. The van der Waals surface area contributed by atoms with Crippen LogP contribution in [0.4, 0.5) is 17.1 Å². The van der Waals surface area contributed by atoms with E-state index >= 15 is 0 Å². The normalized spacial score (nSPS) is 12.9. The summed E-state index contributed by atoms with van der Waals surface area (Å²) in [6, 6.07) is 70.7. The van der Waals surface area contributed by atoms with Crippen LogP contribution in [0.1, 0.15) is 25.0 Å². The summed E-state index contributed by atoms with van der Waals surface area (Å²) < 4.78 is 2.47. The van der Waals surface area contributed by atoms with Gasteiger partial charge in [0, 0.05) is 38.9 Å². The molecule has 0 radical (unpaired) electrons. The molecule has 53 heavy (non-hydrogen) atoms. The smallest absolute Gasteiger partial charge is 0.0544 e. The molecule has 1 aliphatic carbocycles. The zero-order valence-electron chi connectivity index (χ0n) is 29.9. The van der Waals surface area contributed by atoms with Gasteiger partial charge in [0.25, 0.3) is 0 Å². The largest absolute Gasteiger partial charge is 0.311 e. The van der Waals surface area contributed by atoms with Crippen LogP contribution in [0.5, 0.6) is 0 Å². The second-order valence-electron chi connectivity index (χ2n) is 14.6. The molecule has 0 spiro atoms. The molecule has 8 aromatic carbocycles. The van der Waals surface area contributed by atoms with Crippen LogP contribution >= 0.6 is 0 Å². The molecule has 0 amide bonds. The van der Waals surface area contributed by atoms with Gasteiger partial charge in [0.15, 0.2) is 0 Å². The van der Waals surface area contributed by atoms with Gasteiger partial charge in [-0.15, -0.1) is 0 Å². The van der Waals surface area contributed by atoms with E-state index in [1.165, 1.54) is 72.0 Å². The van der Waals surface area contributed by atoms with Gasteiger partial charge in [0.2, 0.25) is 0 Å². The van der Waals surface area contributed by atoms with E-state index in [-0.39, 0.29) is 5.41 Å². The lowest BCUT2D eigenvalue weighted by Gasteiger charge is -2.25. The Morgan fingerprint density at radius 1 is 0.377 bits per heavy atom. The Morgan fingerprint density at radius 3 is 1.64 bits per heavy atom. The number of benzene rings is 8. The van der Waals surface area contributed by atoms with Crippen LogP contribution in [0.3, 0.4) is 0 Å². The molecular weight excluding hydrogens is 641 g/mol. The molecule has 0 bridgehead atoms. The minimum absolute atomic E-state index is 0.0897. The third-order valence-electron chi connectivity index (χ3n) is 11.2. The second kappa shape index (κ2) is 12.3. The molecule has 2 nitrogen and oxygen atoms in total. The summed E-state index contributed by atoms with van der Waals surface area (Å²) in [5, 5.41) is 2.53. The average molecular weight is 679 g/mol. The molecule has 0 unspecified atom stereocenters. The fraction of sp³-hybridized carbons (Fsp3) is 0.0588. The third-order valence-corrected chi connectivity index (χ3v) is 11.2. The lowest BCUT2D eigenvalue weighted by atomic mass is 9.82. The summed E-state index contributed by atoms with van der Waals surface area (Å²) in [5.74, 6) is 0. The van der Waals surface area contributed by atoms with Gasteiger partial charge in [-0.2, -0.15) is 0 Å². The highest BCUT2D eigenvalue weighted by Crippen LogP contribution is 2.51. The van der Waals surface area contributed by atoms with Crippen molar-refractivity contribution in [3.05, 3.63) is 205 Å². The number of hydrogen-bond acceptors (Lipinski definition) is 1. The highest BCUT2D eigenvalue weighted by Gasteiger charge is 2.36. The highest BCUT2D eigenvalue weighted by atomic mass is 15.1. The molecule has 1 aliphatic rings. The molecule has 0 atom stereocenters. The van der Waals surface area contributed by atoms with E-state index < -0.39 is 0 Å². The number of anilines is 3. The quantitative estimate of drug-likeness (QED) is 0.170. The number of nitrogens with zero attached hydrogens (tertiary/aromatic N) is 2. The van der Waals surface area contributed by atoms with Crippen molar-refractivity contribution in [3.63, 3.8) is 0 Å². The van der Waals surface area contributed by atoms with Gasteiger partial charge in [-0.1, -0.05) is 135 Å². The van der Waals surface area contributed by atoms with Crippen molar-refractivity contribution in [1.82, 2.24) is 4.57 Å². The molecule has 1 aromatic heterocycles. The number of fused-ring (bicyclic) bond motifs is 6. The average Bonchev–Trinajstić information content (AvgIpc) is 3.66. The molecule has 0 saturated heterocycles. The van der Waals surface area contributed by atoms with E-state index in [0.717, 1.165) is 17.1 Å². The van der Waals surface area contributed by atoms with Crippen molar-refractivity contribution < 1.29 is 0 Å². The van der Waals surface area contributed by atoms with E-state index in [2.05, 4.69) is 217 Å². The lowest BCUT2D eigenvalue weighted by molar-refractivity contribution is 0.661. The predicted octanol–water partition coefficient (Wildman–Crippen LogP) is 13.9. The van der Waals surface area contributed by atoms with Crippen molar-refractivity contribution in [2.24, 2.45) is 0 Å². The summed E-state index contributed by atoms with van der Waals surface area (Å²) in [6.45, 7) is 4.73. The Morgan fingerprint density at radius 2 is 0.925 bits per heavy atom. The molecule has 2 heteroatoms. The molecule has 0 N–H and O–H groups in total. The van der Waals surface area contributed by atoms with Crippen LogP contribution < -0.4 is 4.90 Å². The van der Waals surface area contributed by atoms with Gasteiger partial charge in [-0.25, -0.2) is 0 Å². The van der Waals surface area contributed by atoms with Crippen molar-refractivity contribution >= 4 is 38.9 Å². The van der Waals surface area contributed by atoms with Gasteiger partial charge in [-0.05, 0) is 117 Å². The Balaban J connectivity index is 1.15. The lowest BCUT2D eigenvalue weighted by Crippen LogP contribution is -2.14. The maximum Gasteiger partial charge on any atom is 0.0544 e. The molecule has 0 fully saturated rings. The standard InChI is InChI=1S/C51H38N2/c1-51(2)47-24-13-12-23-43(47)44-33-46-45-32-38(36-25-28-41(29-26-36)52(39-18-8-4-9-19-39)40-20-10-5-11-21-40)27-30-49(45)53(50(46)34-48(44)51)42-22-14-17-37(31-42)35-15-6-3-7-16-35/h3-34H,1-2H3.